The summed E-state index contributed by atoms with van der Waals surface area (Å²) >= 11 is 0. The second kappa shape index (κ2) is 7.21. The smallest absolute Gasteiger partial charge is 0.0135 e. The van der Waals surface area contributed by atoms with Crippen LogP contribution < -0.4 is 0 Å². The molecule has 0 aliphatic heterocycles. The zero-order chi connectivity index (χ0) is 19.2. The summed E-state index contributed by atoms with van der Waals surface area (Å²) in [5, 5.41) is 0. The fraction of sp³-hybridized carbons (Fsp3) is 0.769. The number of hydrogen-bond acceptors (Lipinski definition) is 1. The molecular formula is C26H41N. The van der Waals surface area contributed by atoms with Crippen molar-refractivity contribution in [1.29, 1.82) is 0 Å². The van der Waals surface area contributed by atoms with Gasteiger partial charge in [-0.3, -0.25) is 0 Å². The normalized spacial score (nSPS) is 43.9. The third-order valence-corrected chi connectivity index (χ3v) is 9.29. The average molecular weight is 368 g/mol. The number of hydrogen-bond donors (Lipinski definition) is 0. The highest BCUT2D eigenvalue weighted by Crippen LogP contribution is 2.66. The van der Waals surface area contributed by atoms with E-state index < -0.39 is 0 Å². The predicted octanol–water partition coefficient (Wildman–Crippen LogP) is 6.49. The minimum absolute atomic E-state index is 0.300. The third kappa shape index (κ3) is 3.18. The first-order chi connectivity index (χ1) is 12.9. The molecule has 0 saturated heterocycles. The number of fused-ring (bicyclic) bond motifs is 5. The summed E-state index contributed by atoms with van der Waals surface area (Å²) in [6.45, 7) is 9.02. The molecule has 1 heteroatoms. The summed E-state index contributed by atoms with van der Waals surface area (Å²) < 4.78 is 0. The van der Waals surface area contributed by atoms with Crippen molar-refractivity contribution in [2.75, 3.05) is 20.6 Å². The van der Waals surface area contributed by atoms with Gasteiger partial charge < -0.3 is 4.90 Å². The monoisotopic (exact) mass is 367 g/mol. The van der Waals surface area contributed by atoms with Gasteiger partial charge in [-0.15, -0.1) is 0 Å². The van der Waals surface area contributed by atoms with E-state index in [-0.39, 0.29) is 0 Å². The molecule has 27 heavy (non-hydrogen) atoms. The number of nitrogens with zero attached hydrogens (tertiary/aromatic N) is 1. The lowest BCUT2D eigenvalue weighted by Crippen LogP contribution is -2.49. The molecule has 2 fully saturated rings. The predicted molar refractivity (Wildman–Crippen MR) is 117 cm³/mol. The van der Waals surface area contributed by atoms with E-state index >= 15 is 0 Å². The van der Waals surface area contributed by atoms with Crippen molar-refractivity contribution >= 4 is 0 Å². The van der Waals surface area contributed by atoms with Crippen LogP contribution >= 0.6 is 0 Å². The molecule has 1 nitrogen and oxygen atoms in total. The molecule has 7 atom stereocenters. The molecule has 0 aromatic rings. The Morgan fingerprint density at radius 1 is 1.11 bits per heavy atom. The van der Waals surface area contributed by atoms with Gasteiger partial charge in [0.2, 0.25) is 0 Å². The standard InChI is InChI=1S/C26H41N/c1-19(9-8-18-27(4)5)22-13-14-23-21-12-11-20-10-6-7-16-25(20,2)24(21)15-17-26(22,23)3/h6-7,10-11,16,19,21-24H,8-9,12-15,17-18H2,1-5H3/t19-,21+,22-,23+,24+,25+,26-/m1/s1. The van der Waals surface area contributed by atoms with Gasteiger partial charge in [-0.05, 0) is 106 Å². The Labute approximate surface area is 168 Å². The first kappa shape index (κ1) is 19.5. The molecule has 2 saturated carbocycles. The van der Waals surface area contributed by atoms with Crippen molar-refractivity contribution in [2.24, 2.45) is 40.4 Å². The van der Waals surface area contributed by atoms with E-state index in [0.29, 0.717) is 10.8 Å². The Balaban J connectivity index is 1.51. The zero-order valence-electron chi connectivity index (χ0n) is 18.4. The van der Waals surface area contributed by atoms with Crippen molar-refractivity contribution in [3.05, 3.63) is 36.0 Å². The van der Waals surface area contributed by atoms with Crippen molar-refractivity contribution in [3.63, 3.8) is 0 Å². The van der Waals surface area contributed by atoms with Gasteiger partial charge >= 0.3 is 0 Å². The lowest BCUT2D eigenvalue weighted by molar-refractivity contribution is -0.0320. The van der Waals surface area contributed by atoms with Gasteiger partial charge in [-0.1, -0.05) is 51.2 Å². The maximum absolute atomic E-state index is 2.69. The molecular weight excluding hydrogens is 326 g/mol. The van der Waals surface area contributed by atoms with Gasteiger partial charge in [-0.2, -0.15) is 0 Å². The van der Waals surface area contributed by atoms with Crippen LogP contribution in [0.5, 0.6) is 0 Å². The first-order valence-electron chi connectivity index (χ1n) is 11.6. The largest absolute Gasteiger partial charge is 0.309 e. The fourth-order valence-electron chi connectivity index (χ4n) is 7.85. The van der Waals surface area contributed by atoms with E-state index in [2.05, 4.69) is 70.1 Å². The van der Waals surface area contributed by atoms with Crippen molar-refractivity contribution in [3.8, 4) is 0 Å². The number of rotatable bonds is 5. The van der Waals surface area contributed by atoms with Crippen LogP contribution in [0.2, 0.25) is 0 Å². The maximum atomic E-state index is 2.69. The van der Waals surface area contributed by atoms with Crippen LogP contribution in [0.4, 0.5) is 0 Å². The molecule has 4 aliphatic carbocycles. The Hall–Kier alpha value is -0.820. The maximum Gasteiger partial charge on any atom is 0.0135 e. The second-order valence-corrected chi connectivity index (χ2v) is 10.9. The number of allylic oxidation sites excluding steroid dienone is 6. The highest BCUT2D eigenvalue weighted by Gasteiger charge is 2.58. The van der Waals surface area contributed by atoms with Crippen LogP contribution in [0.15, 0.2) is 36.0 Å². The van der Waals surface area contributed by atoms with Gasteiger partial charge in [0.05, 0.1) is 0 Å². The molecule has 0 N–H and O–H groups in total. The Bertz CT molecular complexity index is 641. The summed E-state index contributed by atoms with van der Waals surface area (Å²) in [4.78, 5) is 2.34. The van der Waals surface area contributed by atoms with Gasteiger partial charge in [0.15, 0.2) is 0 Å². The molecule has 150 valence electrons. The summed E-state index contributed by atoms with van der Waals surface area (Å²) in [7, 11) is 4.42. The molecule has 0 radical (unpaired) electrons. The fourth-order valence-corrected chi connectivity index (χ4v) is 7.85. The lowest BCUT2D eigenvalue weighted by atomic mass is 9.48. The van der Waals surface area contributed by atoms with E-state index in [1.54, 1.807) is 5.57 Å². The zero-order valence-corrected chi connectivity index (χ0v) is 18.4. The minimum atomic E-state index is 0.300. The SMILES string of the molecule is C[C@H](CCCN(C)C)[C@H]1CC[C@H]2[C@@H]3CC=C4C=CC=C[C@]4(C)[C@H]3CC[C@]12C. The van der Waals surface area contributed by atoms with E-state index in [4.69, 9.17) is 0 Å². The van der Waals surface area contributed by atoms with Gasteiger partial charge in [0.25, 0.3) is 0 Å². The third-order valence-electron chi connectivity index (χ3n) is 9.29. The van der Waals surface area contributed by atoms with Crippen LogP contribution in [0.25, 0.3) is 0 Å². The molecule has 0 amide bonds. The molecule has 0 aromatic heterocycles. The van der Waals surface area contributed by atoms with Crippen LogP contribution in [0.1, 0.15) is 65.7 Å². The van der Waals surface area contributed by atoms with Gasteiger partial charge in [0.1, 0.15) is 0 Å². The van der Waals surface area contributed by atoms with Crippen LogP contribution in [-0.4, -0.2) is 25.5 Å². The van der Waals surface area contributed by atoms with Crippen molar-refractivity contribution in [1.82, 2.24) is 4.90 Å². The molecule has 0 aromatic carbocycles. The van der Waals surface area contributed by atoms with Crippen LogP contribution in [-0.2, 0) is 0 Å². The topological polar surface area (TPSA) is 3.24 Å². The molecule has 0 unspecified atom stereocenters. The summed E-state index contributed by atoms with van der Waals surface area (Å²) in [6, 6.07) is 0. The van der Waals surface area contributed by atoms with Gasteiger partial charge in [-0.25, -0.2) is 0 Å². The molecule has 4 rings (SSSR count). The second-order valence-electron chi connectivity index (χ2n) is 10.9. The van der Waals surface area contributed by atoms with Crippen molar-refractivity contribution < 1.29 is 0 Å². The quantitative estimate of drug-likeness (QED) is 0.537. The molecule has 0 heterocycles. The Morgan fingerprint density at radius 3 is 2.70 bits per heavy atom. The van der Waals surface area contributed by atoms with Crippen LogP contribution in [0.3, 0.4) is 0 Å². The van der Waals surface area contributed by atoms with E-state index in [1.807, 2.05) is 0 Å². The van der Waals surface area contributed by atoms with Gasteiger partial charge in [0, 0.05) is 5.41 Å². The Kier molecular flexibility index (Phi) is 5.21. The summed E-state index contributed by atoms with van der Waals surface area (Å²) in [5.41, 5.74) is 2.49. The highest BCUT2D eigenvalue weighted by molar-refractivity contribution is 5.41. The lowest BCUT2D eigenvalue weighted by Gasteiger charge is -2.56. The molecule has 0 bridgehead atoms. The van der Waals surface area contributed by atoms with E-state index in [1.165, 1.54) is 51.5 Å². The summed E-state index contributed by atoms with van der Waals surface area (Å²) in [5.74, 6) is 4.56. The van der Waals surface area contributed by atoms with E-state index in [0.717, 1.165) is 29.6 Å². The minimum Gasteiger partial charge on any atom is -0.309 e. The Morgan fingerprint density at radius 2 is 1.93 bits per heavy atom. The summed E-state index contributed by atoms with van der Waals surface area (Å²) in [6.07, 6.45) is 22.0. The highest BCUT2D eigenvalue weighted by atomic mass is 15.0. The van der Waals surface area contributed by atoms with Crippen molar-refractivity contribution in [2.45, 2.75) is 65.7 Å². The van der Waals surface area contributed by atoms with Crippen LogP contribution in [0, 0.1) is 40.4 Å². The first-order valence-corrected chi connectivity index (χ1v) is 11.6. The molecule has 4 aliphatic rings. The molecule has 0 spiro atoms. The van der Waals surface area contributed by atoms with E-state index in [9.17, 15) is 0 Å². The average Bonchev–Trinajstić information content (AvgIpc) is 2.98.